The van der Waals surface area contributed by atoms with Gasteiger partial charge in [0.05, 0.1) is 11.1 Å². The fourth-order valence-electron chi connectivity index (χ4n) is 6.17. The van der Waals surface area contributed by atoms with Crippen molar-refractivity contribution in [3.8, 4) is 5.75 Å². The molecule has 2 atom stereocenters. The Kier molecular flexibility index (Phi) is 8.05. The molecule has 0 amide bonds. The standard InChI is InChI=1S/C33H36N2O6S/c1-2-22(18-21-14-16-40-17-15-21)29-20-28(36)32(33(37)41-29)31(24-10-11-24)25-7-5-8-26(19-25)35-42(38,39)30-13-12-23-6-3-4-9-27(23)34-30/h3-9,12-13,19-22,24,31,35-36H,2,10-11,14-18H2,1H3. The number of hydrogen-bond donors (Lipinski definition) is 2. The molecule has 2 N–H and O–H groups in total. The minimum atomic E-state index is -3.96. The number of para-hydroxylation sites is 1. The SMILES string of the molecule is CCC(CC1CCOCC1)c1cc(O)c(C(c2cccc(NS(=O)(=O)c3ccc4ccccc4n3)c2)C2CC2)c(=O)o1. The molecule has 0 radical (unpaired) electrons. The van der Waals surface area contributed by atoms with E-state index >= 15 is 0 Å². The first-order valence-electron chi connectivity index (χ1n) is 14.8. The average Bonchev–Trinajstić information content (AvgIpc) is 3.83. The number of pyridine rings is 1. The summed E-state index contributed by atoms with van der Waals surface area (Å²) in [6, 6.07) is 19.2. The molecule has 2 fully saturated rings. The van der Waals surface area contributed by atoms with E-state index in [0.717, 1.165) is 62.7 Å². The molecule has 8 nitrogen and oxygen atoms in total. The molecule has 6 rings (SSSR count). The van der Waals surface area contributed by atoms with E-state index in [1.54, 1.807) is 36.4 Å². The summed E-state index contributed by atoms with van der Waals surface area (Å²) >= 11 is 0. The van der Waals surface area contributed by atoms with Crippen LogP contribution in [0.15, 0.2) is 81.0 Å². The van der Waals surface area contributed by atoms with Crippen LogP contribution in [0, 0.1) is 11.8 Å². The van der Waals surface area contributed by atoms with Gasteiger partial charge >= 0.3 is 5.63 Å². The highest BCUT2D eigenvalue weighted by Gasteiger charge is 2.38. The van der Waals surface area contributed by atoms with E-state index in [2.05, 4.69) is 16.6 Å². The van der Waals surface area contributed by atoms with Gasteiger partial charge in [0.2, 0.25) is 0 Å². The van der Waals surface area contributed by atoms with Gasteiger partial charge in [-0.2, -0.15) is 8.42 Å². The van der Waals surface area contributed by atoms with Crippen LogP contribution < -0.4 is 10.3 Å². The Morgan fingerprint density at radius 1 is 1.00 bits per heavy atom. The average molecular weight is 589 g/mol. The zero-order valence-electron chi connectivity index (χ0n) is 23.7. The third kappa shape index (κ3) is 6.08. The van der Waals surface area contributed by atoms with Crippen molar-refractivity contribution in [1.29, 1.82) is 0 Å². The molecule has 9 heteroatoms. The number of sulfonamides is 1. The molecule has 1 saturated carbocycles. The third-order valence-electron chi connectivity index (χ3n) is 8.59. The van der Waals surface area contributed by atoms with Crippen LogP contribution in [0.5, 0.6) is 5.75 Å². The predicted octanol–water partition coefficient (Wildman–Crippen LogP) is 6.55. The first kappa shape index (κ1) is 28.4. The highest BCUT2D eigenvalue weighted by molar-refractivity contribution is 7.92. The Bertz CT molecular complexity index is 1740. The second kappa shape index (κ2) is 11.9. The first-order valence-corrected chi connectivity index (χ1v) is 16.2. The Balaban J connectivity index is 1.28. The van der Waals surface area contributed by atoms with E-state index in [9.17, 15) is 18.3 Å². The number of aromatic nitrogens is 1. The molecule has 0 spiro atoms. The molecule has 1 saturated heterocycles. The van der Waals surface area contributed by atoms with Gasteiger partial charge < -0.3 is 14.3 Å². The summed E-state index contributed by atoms with van der Waals surface area (Å²) in [5, 5.41) is 12.0. The van der Waals surface area contributed by atoms with Crippen molar-refractivity contribution in [3.63, 3.8) is 0 Å². The van der Waals surface area contributed by atoms with Crippen molar-refractivity contribution in [2.24, 2.45) is 11.8 Å². The summed E-state index contributed by atoms with van der Waals surface area (Å²) in [5.74, 6) is 0.758. The van der Waals surface area contributed by atoms with Gasteiger partial charge in [-0.3, -0.25) is 4.72 Å². The van der Waals surface area contributed by atoms with E-state index in [1.807, 2.05) is 24.3 Å². The van der Waals surface area contributed by atoms with Crippen LogP contribution in [0.1, 0.15) is 74.2 Å². The fraction of sp³-hybridized carbons (Fsp3) is 0.394. The molecule has 1 aliphatic carbocycles. The van der Waals surface area contributed by atoms with Crippen molar-refractivity contribution in [3.05, 3.63) is 94.0 Å². The Morgan fingerprint density at radius 2 is 1.79 bits per heavy atom. The summed E-state index contributed by atoms with van der Waals surface area (Å²) in [6.45, 7) is 3.58. The number of ether oxygens (including phenoxy) is 1. The summed E-state index contributed by atoms with van der Waals surface area (Å²) in [7, 11) is -3.96. The molecule has 3 heterocycles. The number of nitrogens with one attached hydrogen (secondary N) is 1. The van der Waals surface area contributed by atoms with Crippen LogP contribution in [0.25, 0.3) is 10.9 Å². The zero-order valence-corrected chi connectivity index (χ0v) is 24.5. The smallest absolute Gasteiger partial charge is 0.343 e. The minimum Gasteiger partial charge on any atom is -0.507 e. The second-order valence-electron chi connectivity index (χ2n) is 11.5. The monoisotopic (exact) mass is 588 g/mol. The molecule has 1 aliphatic heterocycles. The van der Waals surface area contributed by atoms with Gasteiger partial charge in [-0.15, -0.1) is 0 Å². The van der Waals surface area contributed by atoms with Gasteiger partial charge in [-0.25, -0.2) is 9.78 Å². The van der Waals surface area contributed by atoms with Crippen molar-refractivity contribution >= 4 is 26.6 Å². The van der Waals surface area contributed by atoms with Gasteiger partial charge in [-0.1, -0.05) is 37.3 Å². The maximum atomic E-state index is 13.5. The lowest BCUT2D eigenvalue weighted by atomic mass is 9.84. The summed E-state index contributed by atoms with van der Waals surface area (Å²) < 4.78 is 40.5. The van der Waals surface area contributed by atoms with Crippen LogP contribution in [0.4, 0.5) is 5.69 Å². The van der Waals surface area contributed by atoms with Crippen LogP contribution in [-0.4, -0.2) is 31.7 Å². The molecule has 2 unspecified atom stereocenters. The summed E-state index contributed by atoms with van der Waals surface area (Å²) in [6.07, 6.45) is 5.49. The maximum absolute atomic E-state index is 13.5. The summed E-state index contributed by atoms with van der Waals surface area (Å²) in [5.41, 5.74) is 1.40. The normalized spacial score (nSPS) is 17.6. The van der Waals surface area contributed by atoms with Crippen LogP contribution in [-0.2, 0) is 14.8 Å². The van der Waals surface area contributed by atoms with Gasteiger partial charge in [0.15, 0.2) is 5.03 Å². The Morgan fingerprint density at radius 3 is 2.52 bits per heavy atom. The van der Waals surface area contributed by atoms with E-state index in [4.69, 9.17) is 9.15 Å². The van der Waals surface area contributed by atoms with Crippen molar-refractivity contribution in [2.45, 2.75) is 62.3 Å². The van der Waals surface area contributed by atoms with Crippen LogP contribution in [0.2, 0.25) is 0 Å². The quantitative estimate of drug-likeness (QED) is 0.216. The molecule has 2 aromatic carbocycles. The van der Waals surface area contributed by atoms with Gasteiger partial charge in [0, 0.05) is 42.2 Å². The molecule has 2 aromatic heterocycles. The predicted molar refractivity (Wildman–Crippen MR) is 161 cm³/mol. The lowest BCUT2D eigenvalue weighted by molar-refractivity contribution is 0.0606. The second-order valence-corrected chi connectivity index (χ2v) is 13.1. The molecule has 220 valence electrons. The molecule has 2 aliphatic rings. The third-order valence-corrected chi connectivity index (χ3v) is 9.87. The topological polar surface area (TPSA) is 119 Å². The number of nitrogens with zero attached hydrogens (tertiary/aromatic N) is 1. The van der Waals surface area contributed by atoms with Crippen molar-refractivity contribution < 1.29 is 22.7 Å². The highest BCUT2D eigenvalue weighted by atomic mass is 32.2. The number of hydrogen-bond acceptors (Lipinski definition) is 7. The first-order chi connectivity index (χ1) is 20.3. The number of rotatable bonds is 10. The maximum Gasteiger partial charge on any atom is 0.343 e. The zero-order chi connectivity index (χ0) is 29.3. The molecule has 4 aromatic rings. The Hall–Kier alpha value is -3.69. The molecule has 42 heavy (non-hydrogen) atoms. The number of anilines is 1. The van der Waals surface area contributed by atoms with E-state index in [0.29, 0.717) is 22.9 Å². The lowest BCUT2D eigenvalue weighted by Crippen LogP contribution is -2.20. The highest BCUT2D eigenvalue weighted by Crippen LogP contribution is 2.48. The van der Waals surface area contributed by atoms with E-state index < -0.39 is 21.6 Å². The van der Waals surface area contributed by atoms with Gasteiger partial charge in [-0.05, 0) is 86.3 Å². The van der Waals surface area contributed by atoms with Crippen molar-refractivity contribution in [1.82, 2.24) is 4.98 Å². The summed E-state index contributed by atoms with van der Waals surface area (Å²) in [4.78, 5) is 17.8. The Labute approximate surface area is 245 Å². The van der Waals surface area contributed by atoms with E-state index in [-0.39, 0.29) is 28.2 Å². The lowest BCUT2D eigenvalue weighted by Gasteiger charge is -2.26. The number of benzene rings is 2. The molecular formula is C33H36N2O6S. The van der Waals surface area contributed by atoms with E-state index in [1.165, 1.54) is 6.07 Å². The fourth-order valence-corrected chi connectivity index (χ4v) is 7.18. The van der Waals surface area contributed by atoms with Gasteiger partial charge in [0.1, 0.15) is 11.5 Å². The largest absolute Gasteiger partial charge is 0.507 e. The van der Waals surface area contributed by atoms with Crippen LogP contribution in [0.3, 0.4) is 0 Å². The van der Waals surface area contributed by atoms with Crippen LogP contribution >= 0.6 is 0 Å². The van der Waals surface area contributed by atoms with Gasteiger partial charge in [0.25, 0.3) is 10.0 Å². The number of fused-ring (bicyclic) bond motifs is 1. The van der Waals surface area contributed by atoms with Crippen molar-refractivity contribution in [2.75, 3.05) is 17.9 Å². The molecule has 0 bridgehead atoms. The number of aromatic hydroxyl groups is 1. The molecular weight excluding hydrogens is 552 g/mol. The minimum absolute atomic E-state index is 0.0431.